The molecule has 10 aromatic rings. The van der Waals surface area contributed by atoms with Gasteiger partial charge in [-0.15, -0.1) is 11.3 Å². The number of anilines is 6. The van der Waals surface area contributed by atoms with Gasteiger partial charge < -0.3 is 14.2 Å². The van der Waals surface area contributed by atoms with Crippen LogP contribution in [0.1, 0.15) is 26.3 Å². The highest BCUT2D eigenvalue weighted by Crippen LogP contribution is 2.51. The van der Waals surface area contributed by atoms with E-state index in [1.165, 1.54) is 104 Å². The summed E-state index contributed by atoms with van der Waals surface area (Å²) in [5.74, 6) is 0. The number of fused-ring (bicyclic) bond motifs is 13. The molecular formula is C48H34BN3S. The monoisotopic (exact) mass is 695 g/mol. The number of rotatable bonds is 2. The van der Waals surface area contributed by atoms with Gasteiger partial charge in [0.05, 0.1) is 22.2 Å². The average molecular weight is 696 g/mol. The van der Waals surface area contributed by atoms with Gasteiger partial charge in [-0.05, 0) is 82.6 Å². The molecule has 0 amide bonds. The van der Waals surface area contributed by atoms with Crippen LogP contribution in [-0.2, 0) is 5.41 Å². The molecule has 2 aliphatic heterocycles. The average Bonchev–Trinajstić information content (AvgIpc) is 3.85. The topological polar surface area (TPSA) is 10.9 Å². The zero-order chi connectivity index (χ0) is 35.2. The Morgan fingerprint density at radius 2 is 1.06 bits per heavy atom. The van der Waals surface area contributed by atoms with Crippen LogP contribution < -0.4 is 25.5 Å². The van der Waals surface area contributed by atoms with Crippen molar-refractivity contribution in [2.45, 2.75) is 26.2 Å². The molecule has 5 heteroatoms. The van der Waals surface area contributed by atoms with E-state index in [2.05, 4.69) is 187 Å². The molecule has 0 fully saturated rings. The minimum atomic E-state index is -0.0760. The number of thiophene rings is 1. The molecule has 0 unspecified atom stereocenters. The van der Waals surface area contributed by atoms with Crippen LogP contribution in [0.5, 0.6) is 0 Å². The van der Waals surface area contributed by atoms with Crippen molar-refractivity contribution in [3.05, 3.63) is 157 Å². The molecule has 3 nitrogen and oxygen atoms in total. The first-order valence-electron chi connectivity index (χ1n) is 18.6. The maximum absolute atomic E-state index is 2.59. The van der Waals surface area contributed by atoms with Gasteiger partial charge in [0.15, 0.2) is 0 Å². The minimum Gasteiger partial charge on any atom is -0.311 e. The van der Waals surface area contributed by atoms with Crippen molar-refractivity contribution in [3.63, 3.8) is 0 Å². The van der Waals surface area contributed by atoms with Gasteiger partial charge in [0.1, 0.15) is 0 Å². The van der Waals surface area contributed by atoms with Crippen LogP contribution >= 0.6 is 11.3 Å². The molecule has 0 bridgehead atoms. The highest BCUT2D eigenvalue weighted by molar-refractivity contribution is 7.34. The summed E-state index contributed by atoms with van der Waals surface area (Å²) in [5.41, 5.74) is 15.3. The second-order valence-corrected chi connectivity index (χ2v) is 16.8. The van der Waals surface area contributed by atoms with E-state index >= 15 is 0 Å². The fraction of sp³-hybridized carbons (Fsp3) is 0.0833. The van der Waals surface area contributed by atoms with Crippen LogP contribution in [0.2, 0.25) is 0 Å². The van der Waals surface area contributed by atoms with Gasteiger partial charge >= 0.3 is 0 Å². The van der Waals surface area contributed by atoms with Gasteiger partial charge in [0.25, 0.3) is 6.71 Å². The zero-order valence-electron chi connectivity index (χ0n) is 29.8. The first kappa shape index (κ1) is 29.5. The largest absolute Gasteiger partial charge is 0.311 e. The van der Waals surface area contributed by atoms with Crippen molar-refractivity contribution in [3.8, 4) is 0 Å². The predicted molar refractivity (Wildman–Crippen MR) is 229 cm³/mol. The SMILES string of the molecule is CC(C)(C)c1cc2c3c(c1)N(c1ccccc1)c1c(sc4ccccc14)B3c1c(cc3c4ccccc4n4c5ccccc5c1c34)N2c1ccccc1. The molecule has 250 valence electrons. The second-order valence-electron chi connectivity index (χ2n) is 15.7. The van der Waals surface area contributed by atoms with E-state index in [0.717, 1.165) is 0 Å². The molecule has 0 saturated carbocycles. The third-order valence-corrected chi connectivity index (χ3v) is 13.0. The van der Waals surface area contributed by atoms with Crippen LogP contribution in [0, 0.1) is 0 Å². The molecule has 0 spiro atoms. The number of nitrogens with zero attached hydrogens (tertiary/aromatic N) is 3. The molecule has 7 aromatic carbocycles. The Balaban J connectivity index is 1.34. The molecule has 2 aliphatic rings. The van der Waals surface area contributed by atoms with Gasteiger partial charge in [-0.1, -0.05) is 112 Å². The van der Waals surface area contributed by atoms with E-state index in [9.17, 15) is 0 Å². The van der Waals surface area contributed by atoms with Crippen LogP contribution in [0.25, 0.3) is 48.2 Å². The van der Waals surface area contributed by atoms with Gasteiger partial charge in [-0.3, -0.25) is 0 Å². The Morgan fingerprint density at radius 3 is 1.75 bits per heavy atom. The zero-order valence-corrected chi connectivity index (χ0v) is 30.6. The Labute approximate surface area is 312 Å². The first-order chi connectivity index (χ1) is 26.0. The first-order valence-corrected chi connectivity index (χ1v) is 19.4. The summed E-state index contributed by atoms with van der Waals surface area (Å²) in [5, 5.41) is 6.59. The summed E-state index contributed by atoms with van der Waals surface area (Å²) < 4.78 is 5.26. The number of aromatic nitrogens is 1. The van der Waals surface area contributed by atoms with Crippen molar-refractivity contribution in [1.29, 1.82) is 0 Å². The van der Waals surface area contributed by atoms with Gasteiger partial charge in [-0.2, -0.15) is 0 Å². The van der Waals surface area contributed by atoms with Gasteiger partial charge in [0, 0.05) is 64.8 Å². The van der Waals surface area contributed by atoms with E-state index in [4.69, 9.17) is 0 Å². The highest BCUT2D eigenvalue weighted by atomic mass is 32.1. The standard InChI is InChI=1S/C48H34BN3S/c1-48(2,3)29-26-38-43-39(27-29)51(31-18-8-5-9-19-31)46-34-22-12-15-25-41(34)53-47(46)49(43)44-40(50(38)30-16-6-4-7-17-30)28-35-32-20-10-13-23-36(32)52-37-24-14-11-21-33(37)42(44)45(35)52/h4-28H,1-3H3. The summed E-state index contributed by atoms with van der Waals surface area (Å²) >= 11 is 1.97. The number of hydrogen-bond acceptors (Lipinski definition) is 3. The van der Waals surface area contributed by atoms with Crippen molar-refractivity contribution in [1.82, 2.24) is 4.40 Å². The van der Waals surface area contributed by atoms with Crippen LogP contribution in [0.15, 0.2) is 152 Å². The van der Waals surface area contributed by atoms with E-state index in [1.807, 2.05) is 11.3 Å². The molecule has 0 saturated heterocycles. The van der Waals surface area contributed by atoms with Crippen LogP contribution in [-0.4, -0.2) is 11.1 Å². The van der Waals surface area contributed by atoms with Crippen molar-refractivity contribution in [2.24, 2.45) is 0 Å². The summed E-state index contributed by atoms with van der Waals surface area (Å²) in [4.78, 5) is 5.17. The maximum Gasteiger partial charge on any atom is 0.265 e. The lowest BCUT2D eigenvalue weighted by Crippen LogP contribution is -2.60. The lowest BCUT2D eigenvalue weighted by Gasteiger charge is -2.44. The molecular weight excluding hydrogens is 661 g/mol. The molecule has 0 aliphatic carbocycles. The number of hydrogen-bond donors (Lipinski definition) is 0. The molecule has 5 heterocycles. The molecule has 0 atom stereocenters. The van der Waals surface area contributed by atoms with E-state index < -0.39 is 0 Å². The van der Waals surface area contributed by atoms with Gasteiger partial charge in [-0.25, -0.2) is 0 Å². The maximum atomic E-state index is 2.59. The Kier molecular flexibility index (Phi) is 5.74. The summed E-state index contributed by atoms with van der Waals surface area (Å²) in [6, 6.07) is 56.7. The molecule has 0 radical (unpaired) electrons. The van der Waals surface area contributed by atoms with E-state index in [-0.39, 0.29) is 12.1 Å². The van der Waals surface area contributed by atoms with E-state index in [1.54, 1.807) is 0 Å². The third-order valence-electron chi connectivity index (χ3n) is 11.8. The van der Waals surface area contributed by atoms with Crippen molar-refractivity contribution >= 4 is 116 Å². The predicted octanol–water partition coefficient (Wildman–Crippen LogP) is 11.4. The van der Waals surface area contributed by atoms with Crippen LogP contribution in [0.4, 0.5) is 34.1 Å². The van der Waals surface area contributed by atoms with Crippen LogP contribution in [0.3, 0.4) is 0 Å². The number of benzene rings is 7. The molecule has 12 rings (SSSR count). The highest BCUT2D eigenvalue weighted by Gasteiger charge is 2.47. The lowest BCUT2D eigenvalue weighted by molar-refractivity contribution is 0.590. The molecule has 3 aromatic heterocycles. The smallest absolute Gasteiger partial charge is 0.265 e. The fourth-order valence-corrected chi connectivity index (χ4v) is 10.9. The third kappa shape index (κ3) is 3.80. The normalized spacial score (nSPS) is 13.8. The lowest BCUT2D eigenvalue weighted by atomic mass is 9.35. The van der Waals surface area contributed by atoms with E-state index in [0.29, 0.717) is 0 Å². The van der Waals surface area contributed by atoms with Gasteiger partial charge in [0.2, 0.25) is 0 Å². The summed E-state index contributed by atoms with van der Waals surface area (Å²) in [6.07, 6.45) is 0. The molecule has 0 N–H and O–H groups in total. The quantitative estimate of drug-likeness (QED) is 0.167. The van der Waals surface area contributed by atoms with Crippen molar-refractivity contribution in [2.75, 3.05) is 9.80 Å². The fourth-order valence-electron chi connectivity index (χ4n) is 9.56. The minimum absolute atomic E-state index is 0.0355. The molecule has 53 heavy (non-hydrogen) atoms. The summed E-state index contributed by atoms with van der Waals surface area (Å²) in [7, 11) is 0. The summed E-state index contributed by atoms with van der Waals surface area (Å²) in [6.45, 7) is 7.08. The Hall–Kier alpha value is -6.04. The second kappa shape index (κ2) is 10.3. The number of para-hydroxylation sites is 4. The Bertz CT molecular complexity index is 3120. The van der Waals surface area contributed by atoms with Crippen molar-refractivity contribution < 1.29 is 0 Å². The Morgan fingerprint density at radius 1 is 0.509 bits per heavy atom.